The van der Waals surface area contributed by atoms with E-state index < -0.39 is 10.0 Å². The number of hydrogen-bond donors (Lipinski definition) is 1. The molecule has 0 saturated carbocycles. The summed E-state index contributed by atoms with van der Waals surface area (Å²) in [5.74, 6) is -0.0451. The highest BCUT2D eigenvalue weighted by atomic mass is 32.2. The number of nitrogens with one attached hydrogen (secondary N) is 1. The zero-order valence-corrected chi connectivity index (χ0v) is 15.9. The van der Waals surface area contributed by atoms with Gasteiger partial charge in [-0.25, -0.2) is 13.1 Å². The van der Waals surface area contributed by atoms with Crippen LogP contribution in [0.25, 0.3) is 6.08 Å². The van der Waals surface area contributed by atoms with Gasteiger partial charge >= 0.3 is 0 Å². The number of hydrogen-bond acceptors (Lipinski definition) is 5. The van der Waals surface area contributed by atoms with Gasteiger partial charge in [0.25, 0.3) is 0 Å². The molecule has 0 unspecified atom stereocenters. The maximum atomic E-state index is 12.4. The molecular weight excluding hydrogens is 364 g/mol. The summed E-state index contributed by atoms with van der Waals surface area (Å²) in [5.41, 5.74) is 1.89. The minimum Gasteiger partial charge on any atom is -0.368 e. The molecule has 1 aliphatic heterocycles. The molecule has 1 aromatic heterocycles. The molecule has 1 N–H and O–H groups in total. The maximum Gasteiger partial charge on any atom is 0.246 e. The van der Waals surface area contributed by atoms with E-state index in [2.05, 4.69) is 14.6 Å². The second-order valence-corrected chi connectivity index (χ2v) is 8.01. The van der Waals surface area contributed by atoms with Crippen molar-refractivity contribution in [3.63, 3.8) is 0 Å². The minimum atomic E-state index is -3.45. The van der Waals surface area contributed by atoms with E-state index in [4.69, 9.17) is 0 Å². The molecule has 1 fully saturated rings. The average Bonchev–Trinajstić information content (AvgIpc) is 2.73. The summed E-state index contributed by atoms with van der Waals surface area (Å²) in [6, 6.07) is 10.3. The Balaban J connectivity index is 1.56. The Morgan fingerprint density at radius 1 is 1.04 bits per heavy atom. The highest BCUT2D eigenvalue weighted by Gasteiger charge is 2.19. The lowest BCUT2D eigenvalue weighted by atomic mass is 10.2. The normalized spacial score (nSPS) is 15.3. The number of anilines is 1. The monoisotopic (exact) mass is 386 g/mol. The average molecular weight is 386 g/mol. The van der Waals surface area contributed by atoms with Crippen LogP contribution in [0, 0.1) is 0 Å². The topological polar surface area (TPSA) is 82.6 Å². The van der Waals surface area contributed by atoms with E-state index in [9.17, 15) is 13.2 Å². The van der Waals surface area contributed by atoms with Gasteiger partial charge in [0.1, 0.15) is 0 Å². The van der Waals surface area contributed by atoms with Crippen molar-refractivity contribution < 1.29 is 13.2 Å². The van der Waals surface area contributed by atoms with Crippen LogP contribution in [-0.2, 0) is 14.8 Å². The van der Waals surface area contributed by atoms with Crippen molar-refractivity contribution in [2.24, 2.45) is 0 Å². The van der Waals surface area contributed by atoms with Crippen LogP contribution in [0.1, 0.15) is 5.56 Å². The lowest BCUT2D eigenvalue weighted by Crippen LogP contribution is -2.48. The summed E-state index contributed by atoms with van der Waals surface area (Å²) in [7, 11) is -2.08. The summed E-state index contributed by atoms with van der Waals surface area (Å²) >= 11 is 0. The fourth-order valence-corrected chi connectivity index (χ4v) is 3.62. The maximum absolute atomic E-state index is 12.4. The fraction of sp³-hybridized carbons (Fsp3) is 0.263. The SMILES string of the molecule is CNS(=O)(=O)c1ccc(/C=C/C(=O)N2CCN(c3ccncc3)CC2)cc1. The van der Waals surface area contributed by atoms with Crippen molar-refractivity contribution in [3.05, 3.63) is 60.4 Å². The summed E-state index contributed by atoms with van der Waals surface area (Å²) in [5, 5.41) is 0. The van der Waals surface area contributed by atoms with Crippen LogP contribution < -0.4 is 9.62 Å². The summed E-state index contributed by atoms with van der Waals surface area (Å²) in [4.78, 5) is 20.7. The zero-order chi connectivity index (χ0) is 19.3. The van der Waals surface area contributed by atoms with Crippen molar-refractivity contribution in [3.8, 4) is 0 Å². The summed E-state index contributed by atoms with van der Waals surface area (Å²) < 4.78 is 25.7. The second kappa shape index (κ2) is 8.32. The molecule has 7 nitrogen and oxygen atoms in total. The molecule has 2 heterocycles. The van der Waals surface area contributed by atoms with Gasteiger partial charge in [0.05, 0.1) is 4.90 Å². The molecule has 1 saturated heterocycles. The van der Waals surface area contributed by atoms with Gasteiger partial charge in [0.15, 0.2) is 0 Å². The number of pyridine rings is 1. The molecule has 1 amide bonds. The Morgan fingerprint density at radius 2 is 1.67 bits per heavy atom. The molecular formula is C19H22N4O3S. The Morgan fingerprint density at radius 3 is 2.26 bits per heavy atom. The highest BCUT2D eigenvalue weighted by Crippen LogP contribution is 2.15. The molecule has 0 radical (unpaired) electrons. The van der Waals surface area contributed by atoms with Crippen LogP contribution in [0.4, 0.5) is 5.69 Å². The molecule has 1 aromatic carbocycles. The molecule has 3 rings (SSSR count). The van der Waals surface area contributed by atoms with Crippen LogP contribution >= 0.6 is 0 Å². The Labute approximate surface area is 159 Å². The van der Waals surface area contributed by atoms with Crippen molar-refractivity contribution in [2.75, 3.05) is 38.1 Å². The van der Waals surface area contributed by atoms with E-state index in [1.165, 1.54) is 25.3 Å². The van der Waals surface area contributed by atoms with E-state index in [0.29, 0.717) is 13.1 Å². The van der Waals surface area contributed by atoms with Crippen LogP contribution in [0.2, 0.25) is 0 Å². The van der Waals surface area contributed by atoms with Gasteiger partial charge in [-0.1, -0.05) is 12.1 Å². The van der Waals surface area contributed by atoms with Crippen LogP contribution in [0.3, 0.4) is 0 Å². The Hall–Kier alpha value is -2.71. The molecule has 0 spiro atoms. The molecule has 0 bridgehead atoms. The smallest absolute Gasteiger partial charge is 0.246 e. The van der Waals surface area contributed by atoms with Gasteiger partial charge in [-0.3, -0.25) is 9.78 Å². The number of aromatic nitrogens is 1. The van der Waals surface area contributed by atoms with Gasteiger partial charge in [0.2, 0.25) is 15.9 Å². The summed E-state index contributed by atoms with van der Waals surface area (Å²) in [6.07, 6.45) is 6.77. The molecule has 27 heavy (non-hydrogen) atoms. The van der Waals surface area contributed by atoms with Gasteiger partial charge in [-0.15, -0.1) is 0 Å². The van der Waals surface area contributed by atoms with Gasteiger partial charge < -0.3 is 9.80 Å². The first-order valence-corrected chi connectivity index (χ1v) is 10.1. The Bertz CT molecular complexity index is 904. The van der Waals surface area contributed by atoms with Gasteiger partial charge in [-0.2, -0.15) is 0 Å². The van der Waals surface area contributed by atoms with Gasteiger partial charge in [0, 0.05) is 50.3 Å². The molecule has 142 valence electrons. The van der Waals surface area contributed by atoms with Crippen molar-refractivity contribution in [1.29, 1.82) is 0 Å². The zero-order valence-electron chi connectivity index (χ0n) is 15.1. The Kier molecular flexibility index (Phi) is 5.88. The third-order valence-corrected chi connectivity index (χ3v) is 5.93. The number of rotatable bonds is 5. The lowest BCUT2D eigenvalue weighted by molar-refractivity contribution is -0.126. The quantitative estimate of drug-likeness (QED) is 0.785. The number of amides is 1. The van der Waals surface area contributed by atoms with Crippen LogP contribution in [0.15, 0.2) is 59.8 Å². The van der Waals surface area contributed by atoms with E-state index in [0.717, 1.165) is 24.3 Å². The molecule has 2 aromatic rings. The first-order chi connectivity index (χ1) is 13.0. The van der Waals surface area contributed by atoms with E-state index in [1.54, 1.807) is 30.6 Å². The molecule has 0 atom stereocenters. The first-order valence-electron chi connectivity index (χ1n) is 8.65. The lowest BCUT2D eigenvalue weighted by Gasteiger charge is -2.35. The highest BCUT2D eigenvalue weighted by molar-refractivity contribution is 7.89. The predicted octanol–water partition coefficient (Wildman–Crippen LogP) is 1.35. The van der Waals surface area contributed by atoms with E-state index in [1.807, 2.05) is 17.0 Å². The predicted molar refractivity (Wildman–Crippen MR) is 105 cm³/mol. The third-order valence-electron chi connectivity index (χ3n) is 4.50. The molecule has 8 heteroatoms. The standard InChI is InChI=1S/C19H22N4O3S/c1-20-27(25,26)18-5-2-16(3-6-18)4-7-19(24)23-14-12-22(13-15-23)17-8-10-21-11-9-17/h2-11,20H,12-15H2,1H3/b7-4+. The van der Waals surface area contributed by atoms with Crippen LogP contribution in [-0.4, -0.2) is 57.4 Å². The van der Waals surface area contributed by atoms with Crippen LogP contribution in [0.5, 0.6) is 0 Å². The number of carbonyl (C=O) groups is 1. The largest absolute Gasteiger partial charge is 0.368 e. The van der Waals surface area contributed by atoms with Crippen molar-refractivity contribution in [2.45, 2.75) is 4.90 Å². The third kappa shape index (κ3) is 4.72. The summed E-state index contributed by atoms with van der Waals surface area (Å²) in [6.45, 7) is 2.87. The molecule has 1 aliphatic rings. The van der Waals surface area contributed by atoms with E-state index >= 15 is 0 Å². The molecule has 0 aliphatic carbocycles. The van der Waals surface area contributed by atoms with Crippen molar-refractivity contribution >= 4 is 27.7 Å². The fourth-order valence-electron chi connectivity index (χ4n) is 2.89. The number of nitrogens with zero attached hydrogens (tertiary/aromatic N) is 3. The second-order valence-electron chi connectivity index (χ2n) is 6.13. The van der Waals surface area contributed by atoms with Gasteiger partial charge in [-0.05, 0) is 43.0 Å². The van der Waals surface area contributed by atoms with Crippen molar-refractivity contribution in [1.82, 2.24) is 14.6 Å². The first kappa shape index (κ1) is 19.1. The van der Waals surface area contributed by atoms with E-state index in [-0.39, 0.29) is 10.8 Å². The number of carbonyl (C=O) groups excluding carboxylic acids is 1. The minimum absolute atomic E-state index is 0.0451. The number of sulfonamides is 1. The number of piperazine rings is 1. The number of benzene rings is 1.